The second-order valence-electron chi connectivity index (χ2n) is 5.46. The maximum absolute atomic E-state index is 9.41. The summed E-state index contributed by atoms with van der Waals surface area (Å²) in [4.78, 5) is 4.26. The van der Waals surface area contributed by atoms with E-state index in [0.29, 0.717) is 17.8 Å². The number of nitrogen functional groups attached to an aromatic ring is 1. The number of hydrogen-bond acceptors (Lipinski definition) is 5. The van der Waals surface area contributed by atoms with Crippen molar-refractivity contribution in [2.24, 2.45) is 0 Å². The van der Waals surface area contributed by atoms with Crippen LogP contribution in [-0.2, 0) is 6.42 Å². The Morgan fingerprint density at radius 3 is 2.68 bits per heavy atom. The molecule has 0 atom stereocenters. The van der Waals surface area contributed by atoms with Crippen LogP contribution < -0.4 is 11.1 Å². The zero-order valence-electron chi connectivity index (χ0n) is 13.5. The topological polar surface area (TPSA) is 92.5 Å². The van der Waals surface area contributed by atoms with Crippen molar-refractivity contribution < 1.29 is 0 Å². The molecule has 0 saturated heterocycles. The second-order valence-corrected chi connectivity index (χ2v) is 6.37. The van der Waals surface area contributed by atoms with Gasteiger partial charge in [-0.25, -0.2) is 9.67 Å². The molecule has 0 unspecified atom stereocenters. The molecule has 2 aromatic heterocycles. The third-order valence-corrected chi connectivity index (χ3v) is 4.20. The van der Waals surface area contributed by atoms with Crippen LogP contribution in [0.5, 0.6) is 0 Å². The average Bonchev–Trinajstić information content (AvgIpc) is 2.96. The zero-order chi connectivity index (χ0) is 17.6. The lowest BCUT2D eigenvalue weighted by Gasteiger charge is -2.04. The highest BCUT2D eigenvalue weighted by molar-refractivity contribution is 9.10. The molecule has 0 radical (unpaired) electrons. The molecule has 1 aromatic carbocycles. The van der Waals surface area contributed by atoms with Gasteiger partial charge in [-0.3, -0.25) is 0 Å². The first-order chi connectivity index (χ1) is 12.2. The molecule has 2 heterocycles. The minimum absolute atomic E-state index is 0.381. The van der Waals surface area contributed by atoms with E-state index in [0.717, 1.165) is 34.6 Å². The molecule has 0 aliphatic heterocycles. The fourth-order valence-corrected chi connectivity index (χ4v) is 2.73. The lowest BCUT2D eigenvalue weighted by Crippen LogP contribution is -2.05. The lowest BCUT2D eigenvalue weighted by molar-refractivity contribution is 0.789. The third kappa shape index (κ3) is 3.98. The maximum Gasteiger partial charge on any atom is 0.145 e. The van der Waals surface area contributed by atoms with Gasteiger partial charge >= 0.3 is 0 Å². The number of hydrogen-bond donors (Lipinski definition) is 2. The lowest BCUT2D eigenvalue weighted by atomic mass is 10.1. The Labute approximate surface area is 154 Å². The molecule has 3 N–H and O–H groups in total. The fourth-order valence-electron chi connectivity index (χ4n) is 2.49. The first-order valence-corrected chi connectivity index (χ1v) is 8.66. The Balaban J connectivity index is 1.66. The van der Waals surface area contributed by atoms with Gasteiger partial charge in [0, 0.05) is 17.2 Å². The minimum Gasteiger partial charge on any atom is -0.382 e. The summed E-state index contributed by atoms with van der Waals surface area (Å²) >= 11 is 3.36. The quantitative estimate of drug-likeness (QED) is 0.621. The van der Waals surface area contributed by atoms with Crippen molar-refractivity contribution in [2.75, 3.05) is 17.6 Å². The number of nitrogens with two attached hydrogens (primary N) is 1. The summed E-state index contributed by atoms with van der Waals surface area (Å²) in [5.74, 6) is 1.20. The highest BCUT2D eigenvalue weighted by Crippen LogP contribution is 2.21. The molecular weight excluding hydrogens is 380 g/mol. The van der Waals surface area contributed by atoms with Crippen LogP contribution in [0.4, 0.5) is 11.6 Å². The number of anilines is 2. The van der Waals surface area contributed by atoms with Crippen LogP contribution in [-0.4, -0.2) is 21.3 Å². The number of pyridine rings is 1. The van der Waals surface area contributed by atoms with Gasteiger partial charge in [0.05, 0.1) is 11.4 Å². The number of nitriles is 1. The van der Waals surface area contributed by atoms with E-state index in [4.69, 9.17) is 5.73 Å². The molecule has 0 fully saturated rings. The van der Waals surface area contributed by atoms with Crippen molar-refractivity contribution >= 4 is 27.6 Å². The molecular formula is C18H17BrN6. The standard InChI is InChI=1S/C18H17BrN6/c19-13-8-9-17(23-12-13)22-10-4-7-16-15(11-20)18(21)25(24-16)14-5-2-1-3-6-14/h1-3,5-6,8-9,12H,4,7,10,21H2,(H,22,23). The van der Waals surface area contributed by atoms with E-state index in [1.807, 2.05) is 42.5 Å². The van der Waals surface area contributed by atoms with Gasteiger partial charge in [0.15, 0.2) is 0 Å². The summed E-state index contributed by atoms with van der Waals surface area (Å²) < 4.78 is 2.57. The summed E-state index contributed by atoms with van der Waals surface area (Å²) in [5, 5.41) is 17.2. The smallest absolute Gasteiger partial charge is 0.145 e. The summed E-state index contributed by atoms with van der Waals surface area (Å²) in [5.41, 5.74) is 8.12. The predicted molar refractivity (Wildman–Crippen MR) is 101 cm³/mol. The monoisotopic (exact) mass is 396 g/mol. The fraction of sp³-hybridized carbons (Fsp3) is 0.167. The number of rotatable bonds is 6. The van der Waals surface area contributed by atoms with Crippen LogP contribution in [0.3, 0.4) is 0 Å². The minimum atomic E-state index is 0.381. The first-order valence-electron chi connectivity index (χ1n) is 7.87. The number of para-hydroxylation sites is 1. The molecule has 6 nitrogen and oxygen atoms in total. The Kier molecular flexibility index (Phi) is 5.31. The molecule has 0 saturated carbocycles. The SMILES string of the molecule is N#Cc1c(CCCNc2ccc(Br)cn2)nn(-c2ccccc2)c1N. The molecule has 0 bridgehead atoms. The van der Waals surface area contributed by atoms with Crippen molar-refractivity contribution in [2.45, 2.75) is 12.8 Å². The van der Waals surface area contributed by atoms with Gasteiger partial charge in [-0.05, 0) is 53.0 Å². The molecule has 3 rings (SSSR count). The number of nitrogens with zero attached hydrogens (tertiary/aromatic N) is 4. The van der Waals surface area contributed by atoms with Gasteiger partial charge in [-0.15, -0.1) is 0 Å². The molecule has 0 spiro atoms. The number of benzene rings is 1. The van der Waals surface area contributed by atoms with Crippen LogP contribution in [0, 0.1) is 11.3 Å². The van der Waals surface area contributed by atoms with Crippen LogP contribution in [0.1, 0.15) is 17.7 Å². The van der Waals surface area contributed by atoms with Crippen LogP contribution in [0.15, 0.2) is 53.1 Å². The molecule has 0 aliphatic rings. The van der Waals surface area contributed by atoms with Gasteiger partial charge < -0.3 is 11.1 Å². The van der Waals surface area contributed by atoms with Crippen molar-refractivity contribution in [3.8, 4) is 11.8 Å². The van der Waals surface area contributed by atoms with Crippen molar-refractivity contribution in [1.29, 1.82) is 5.26 Å². The van der Waals surface area contributed by atoms with E-state index < -0.39 is 0 Å². The Bertz CT molecular complexity index is 880. The largest absolute Gasteiger partial charge is 0.382 e. The molecule has 126 valence electrons. The Morgan fingerprint density at radius 1 is 1.20 bits per heavy atom. The second kappa shape index (κ2) is 7.81. The summed E-state index contributed by atoms with van der Waals surface area (Å²) in [7, 11) is 0. The van der Waals surface area contributed by atoms with Crippen molar-refractivity contribution in [3.63, 3.8) is 0 Å². The van der Waals surface area contributed by atoms with Crippen LogP contribution in [0.2, 0.25) is 0 Å². The highest BCUT2D eigenvalue weighted by atomic mass is 79.9. The van der Waals surface area contributed by atoms with E-state index in [1.165, 1.54) is 0 Å². The normalized spacial score (nSPS) is 10.4. The number of aromatic nitrogens is 3. The van der Waals surface area contributed by atoms with Crippen molar-refractivity contribution in [1.82, 2.24) is 14.8 Å². The Hall–Kier alpha value is -2.85. The van der Waals surface area contributed by atoms with Gasteiger partial charge in [0.25, 0.3) is 0 Å². The van der Waals surface area contributed by atoms with E-state index >= 15 is 0 Å². The molecule has 0 aliphatic carbocycles. The summed E-state index contributed by atoms with van der Waals surface area (Å²) in [6, 6.07) is 15.6. The third-order valence-electron chi connectivity index (χ3n) is 3.73. The molecule has 7 heteroatoms. The van der Waals surface area contributed by atoms with E-state index in [9.17, 15) is 5.26 Å². The van der Waals surface area contributed by atoms with E-state index in [1.54, 1.807) is 10.9 Å². The maximum atomic E-state index is 9.41. The van der Waals surface area contributed by atoms with Gasteiger partial charge in [0.2, 0.25) is 0 Å². The molecule has 0 amide bonds. The van der Waals surface area contributed by atoms with E-state index in [-0.39, 0.29) is 0 Å². The Morgan fingerprint density at radius 2 is 2.00 bits per heavy atom. The van der Waals surface area contributed by atoms with Crippen molar-refractivity contribution in [3.05, 3.63) is 64.4 Å². The average molecular weight is 397 g/mol. The van der Waals surface area contributed by atoms with Crippen LogP contribution in [0.25, 0.3) is 5.69 Å². The molecule has 25 heavy (non-hydrogen) atoms. The van der Waals surface area contributed by atoms with Gasteiger partial charge in [-0.1, -0.05) is 18.2 Å². The summed E-state index contributed by atoms with van der Waals surface area (Å²) in [6.07, 6.45) is 3.23. The first kappa shape index (κ1) is 17.0. The summed E-state index contributed by atoms with van der Waals surface area (Å²) in [6.45, 7) is 0.734. The molecule has 3 aromatic rings. The zero-order valence-corrected chi connectivity index (χ0v) is 15.1. The van der Waals surface area contributed by atoms with Gasteiger partial charge in [0.1, 0.15) is 23.3 Å². The number of halogens is 1. The van der Waals surface area contributed by atoms with Crippen LogP contribution >= 0.6 is 15.9 Å². The van der Waals surface area contributed by atoms with Gasteiger partial charge in [-0.2, -0.15) is 10.4 Å². The number of aryl methyl sites for hydroxylation is 1. The van der Waals surface area contributed by atoms with E-state index in [2.05, 4.69) is 37.4 Å². The highest BCUT2D eigenvalue weighted by Gasteiger charge is 2.15. The predicted octanol–water partition coefficient (Wildman–Crippen LogP) is 3.53. The number of nitrogens with one attached hydrogen (secondary N) is 1.